The second kappa shape index (κ2) is 12.0. The first-order valence-electron chi connectivity index (χ1n) is 12.1. The Balaban J connectivity index is 1.84. The average molecular weight is 436 g/mol. The van der Waals surface area contributed by atoms with E-state index in [2.05, 4.69) is 63.2 Å². The monoisotopic (exact) mass is 435 g/mol. The summed E-state index contributed by atoms with van der Waals surface area (Å²) in [5, 5.41) is 6.26. The third-order valence-electron chi connectivity index (χ3n) is 6.60. The van der Waals surface area contributed by atoms with Gasteiger partial charge in [0, 0.05) is 45.6 Å². The molecule has 1 heterocycles. The van der Waals surface area contributed by atoms with Gasteiger partial charge in [-0.3, -0.25) is 14.5 Å². The van der Waals surface area contributed by atoms with Crippen molar-refractivity contribution in [3.05, 3.63) is 11.6 Å². The van der Waals surface area contributed by atoms with Gasteiger partial charge >= 0.3 is 0 Å². The van der Waals surface area contributed by atoms with Gasteiger partial charge in [0.05, 0.1) is 13.2 Å². The number of allylic oxidation sites excluding steroid dienone is 1. The number of amides is 2. The zero-order valence-corrected chi connectivity index (χ0v) is 20.6. The fraction of sp³-hybridized carbons (Fsp3) is 0.840. The molecule has 1 aliphatic heterocycles. The molecular weight excluding hydrogens is 390 g/mol. The molecule has 2 N–H and O–H groups in total. The number of morpholine rings is 1. The molecule has 2 aliphatic rings. The van der Waals surface area contributed by atoms with Crippen molar-refractivity contribution >= 4 is 11.8 Å². The lowest BCUT2D eigenvalue weighted by Gasteiger charge is -2.37. The van der Waals surface area contributed by atoms with Crippen LogP contribution in [0.4, 0.5) is 0 Å². The maximum Gasteiger partial charge on any atom is 0.220 e. The number of hydrogen-bond donors (Lipinski definition) is 2. The van der Waals surface area contributed by atoms with Crippen molar-refractivity contribution in [2.45, 2.75) is 60.8 Å². The van der Waals surface area contributed by atoms with Gasteiger partial charge < -0.3 is 15.4 Å². The molecule has 1 fully saturated rings. The maximum absolute atomic E-state index is 12.6. The molecule has 3 atom stereocenters. The lowest BCUT2D eigenvalue weighted by atomic mass is 9.69. The Morgan fingerprint density at radius 2 is 1.84 bits per heavy atom. The highest BCUT2D eigenvalue weighted by atomic mass is 16.5. The first kappa shape index (κ1) is 25.9. The molecule has 0 spiro atoms. The summed E-state index contributed by atoms with van der Waals surface area (Å²) in [6.07, 6.45) is 4.42. The lowest BCUT2D eigenvalue weighted by molar-refractivity contribution is -0.123. The Morgan fingerprint density at radius 1 is 1.16 bits per heavy atom. The molecule has 2 amide bonds. The van der Waals surface area contributed by atoms with Gasteiger partial charge in [-0.15, -0.1) is 0 Å². The fourth-order valence-electron chi connectivity index (χ4n) is 4.76. The molecule has 0 bridgehead atoms. The largest absolute Gasteiger partial charge is 0.379 e. The van der Waals surface area contributed by atoms with Crippen molar-refractivity contribution in [1.82, 2.24) is 15.5 Å². The van der Waals surface area contributed by atoms with Gasteiger partial charge in [-0.05, 0) is 42.4 Å². The van der Waals surface area contributed by atoms with Gasteiger partial charge in [-0.1, -0.05) is 46.3 Å². The van der Waals surface area contributed by atoms with Crippen molar-refractivity contribution < 1.29 is 14.3 Å². The topological polar surface area (TPSA) is 70.7 Å². The van der Waals surface area contributed by atoms with Crippen LogP contribution in [0.2, 0.25) is 0 Å². The number of hydrogen-bond acceptors (Lipinski definition) is 4. The van der Waals surface area contributed by atoms with Crippen molar-refractivity contribution in [2.24, 2.45) is 29.1 Å². The number of nitrogens with zero attached hydrogens (tertiary/aromatic N) is 1. The summed E-state index contributed by atoms with van der Waals surface area (Å²) >= 11 is 0. The Kier molecular flexibility index (Phi) is 10.0. The van der Waals surface area contributed by atoms with Crippen LogP contribution in [0.25, 0.3) is 0 Å². The van der Waals surface area contributed by atoms with Crippen molar-refractivity contribution in [1.29, 1.82) is 0 Å². The third-order valence-corrected chi connectivity index (χ3v) is 6.60. The van der Waals surface area contributed by atoms with E-state index < -0.39 is 0 Å². The van der Waals surface area contributed by atoms with Crippen LogP contribution in [0.15, 0.2) is 11.6 Å². The zero-order valence-electron chi connectivity index (χ0n) is 20.6. The molecule has 1 saturated heterocycles. The summed E-state index contributed by atoms with van der Waals surface area (Å²) < 4.78 is 5.37. The van der Waals surface area contributed by atoms with E-state index in [1.165, 1.54) is 5.57 Å². The summed E-state index contributed by atoms with van der Waals surface area (Å²) in [5.41, 5.74) is 1.29. The van der Waals surface area contributed by atoms with E-state index in [0.717, 1.165) is 39.3 Å². The van der Waals surface area contributed by atoms with Crippen molar-refractivity contribution in [3.8, 4) is 0 Å². The highest BCUT2D eigenvalue weighted by molar-refractivity contribution is 5.77. The Labute approximate surface area is 189 Å². The number of ether oxygens (including phenoxy) is 1. The summed E-state index contributed by atoms with van der Waals surface area (Å²) in [7, 11) is 0. The van der Waals surface area contributed by atoms with Crippen LogP contribution >= 0.6 is 0 Å². The van der Waals surface area contributed by atoms with Crippen molar-refractivity contribution in [2.75, 3.05) is 45.9 Å². The van der Waals surface area contributed by atoms with Crippen LogP contribution in [0.1, 0.15) is 60.8 Å². The number of carbonyl (C=O) groups is 2. The van der Waals surface area contributed by atoms with E-state index in [9.17, 15) is 9.59 Å². The molecule has 178 valence electrons. The minimum Gasteiger partial charge on any atom is -0.379 e. The molecule has 3 unspecified atom stereocenters. The molecule has 0 radical (unpaired) electrons. The van der Waals surface area contributed by atoms with Crippen LogP contribution in [0, 0.1) is 29.1 Å². The van der Waals surface area contributed by atoms with Gasteiger partial charge in [0.15, 0.2) is 0 Å². The summed E-state index contributed by atoms with van der Waals surface area (Å²) in [6, 6.07) is 0. The predicted molar refractivity (Wildman–Crippen MR) is 126 cm³/mol. The SMILES string of the molecule is CC1=CC(CNC(=O)CC(C)(C)C)C(C(C)C)CC1CC(=O)NCCN1CCOCC1. The van der Waals surface area contributed by atoms with E-state index in [4.69, 9.17) is 4.74 Å². The van der Waals surface area contributed by atoms with Crippen LogP contribution in [-0.4, -0.2) is 62.7 Å². The quantitative estimate of drug-likeness (QED) is 0.546. The van der Waals surface area contributed by atoms with Crippen LogP contribution in [0.3, 0.4) is 0 Å². The molecular formula is C25H45N3O3. The summed E-state index contributed by atoms with van der Waals surface area (Å²) in [5.74, 6) is 1.89. The highest BCUT2D eigenvalue weighted by Gasteiger charge is 2.32. The van der Waals surface area contributed by atoms with Crippen molar-refractivity contribution in [3.63, 3.8) is 0 Å². The summed E-state index contributed by atoms with van der Waals surface area (Å²) in [6.45, 7) is 18.7. The molecule has 6 heteroatoms. The van der Waals surface area contributed by atoms with Gasteiger partial charge in [-0.2, -0.15) is 0 Å². The minimum atomic E-state index is 0.0000863. The smallest absolute Gasteiger partial charge is 0.220 e. The maximum atomic E-state index is 12.6. The lowest BCUT2D eigenvalue weighted by Crippen LogP contribution is -2.42. The molecule has 0 saturated carbocycles. The first-order valence-corrected chi connectivity index (χ1v) is 12.1. The number of nitrogens with one attached hydrogen (secondary N) is 2. The molecule has 6 nitrogen and oxygen atoms in total. The second-order valence-corrected chi connectivity index (χ2v) is 11.0. The number of carbonyl (C=O) groups excluding carboxylic acids is 2. The van der Waals surface area contributed by atoms with Gasteiger partial charge in [0.25, 0.3) is 0 Å². The summed E-state index contributed by atoms with van der Waals surface area (Å²) in [4.78, 5) is 27.2. The zero-order chi connectivity index (χ0) is 23.0. The standard InChI is InChI=1S/C25H45N3O3/c1-18(2)22-14-20(15-23(29)26-7-8-28-9-11-31-12-10-28)19(3)13-21(22)17-27-24(30)16-25(4,5)6/h13,18,20-22H,7-12,14-17H2,1-6H3,(H,26,29)(H,27,30). The Hall–Kier alpha value is -1.40. The van der Waals surface area contributed by atoms with Crippen LogP contribution < -0.4 is 10.6 Å². The molecule has 2 rings (SSSR count). The van der Waals surface area contributed by atoms with Crippen LogP contribution in [0.5, 0.6) is 0 Å². The highest BCUT2D eigenvalue weighted by Crippen LogP contribution is 2.38. The average Bonchev–Trinajstić information content (AvgIpc) is 2.67. The molecule has 31 heavy (non-hydrogen) atoms. The molecule has 0 aromatic heterocycles. The van der Waals surface area contributed by atoms with E-state index in [0.29, 0.717) is 43.7 Å². The minimum absolute atomic E-state index is 0.0000863. The van der Waals surface area contributed by atoms with Gasteiger partial charge in [0.1, 0.15) is 0 Å². The first-order chi connectivity index (χ1) is 14.5. The third kappa shape index (κ3) is 9.32. The Morgan fingerprint density at radius 3 is 2.45 bits per heavy atom. The molecule has 1 aliphatic carbocycles. The predicted octanol–water partition coefficient (Wildman–Crippen LogP) is 3.23. The van der Waals surface area contributed by atoms with Gasteiger partial charge in [0.2, 0.25) is 11.8 Å². The normalized spacial score (nSPS) is 25.3. The van der Waals surface area contributed by atoms with E-state index in [1.807, 2.05) is 0 Å². The van der Waals surface area contributed by atoms with E-state index in [1.54, 1.807) is 0 Å². The second-order valence-electron chi connectivity index (χ2n) is 11.0. The molecule has 0 aromatic rings. The Bertz CT molecular complexity index is 618. The number of rotatable bonds is 9. The van der Waals surface area contributed by atoms with Crippen LogP contribution in [-0.2, 0) is 14.3 Å². The molecule has 0 aromatic carbocycles. The van der Waals surface area contributed by atoms with Gasteiger partial charge in [-0.25, -0.2) is 0 Å². The van der Waals surface area contributed by atoms with E-state index in [-0.39, 0.29) is 23.1 Å². The fourth-order valence-corrected chi connectivity index (χ4v) is 4.76. The van der Waals surface area contributed by atoms with E-state index >= 15 is 0 Å².